The van der Waals surface area contributed by atoms with Crippen molar-refractivity contribution in [2.45, 2.75) is 44.8 Å². The Kier molecular flexibility index (Phi) is 4.68. The summed E-state index contributed by atoms with van der Waals surface area (Å²) in [6, 6.07) is 7.79. The lowest BCUT2D eigenvalue weighted by Gasteiger charge is -2.25. The Morgan fingerprint density at radius 3 is 2.64 bits per heavy atom. The van der Waals surface area contributed by atoms with E-state index in [2.05, 4.69) is 15.5 Å². The lowest BCUT2D eigenvalue weighted by Crippen LogP contribution is -2.20. The molecule has 0 amide bonds. The maximum Gasteiger partial charge on any atom is 0.180 e. The summed E-state index contributed by atoms with van der Waals surface area (Å²) in [7, 11) is 1.65. The van der Waals surface area contributed by atoms with E-state index in [-0.39, 0.29) is 5.92 Å². The molecule has 22 heavy (non-hydrogen) atoms. The largest absolute Gasteiger partial charge is 0.497 e. The molecule has 0 aliphatic heterocycles. The zero-order valence-corrected chi connectivity index (χ0v) is 12.9. The van der Waals surface area contributed by atoms with E-state index in [4.69, 9.17) is 4.74 Å². The molecule has 1 fully saturated rings. The Labute approximate surface area is 130 Å². The van der Waals surface area contributed by atoms with Crippen LogP contribution in [0.4, 0.5) is 0 Å². The van der Waals surface area contributed by atoms with Crippen molar-refractivity contribution in [1.82, 2.24) is 20.2 Å². The molecule has 1 aliphatic carbocycles. The number of tetrazole rings is 1. The first kappa shape index (κ1) is 15.0. The van der Waals surface area contributed by atoms with Gasteiger partial charge < -0.3 is 9.84 Å². The molecule has 1 aromatic carbocycles. The zero-order chi connectivity index (χ0) is 15.4. The molecule has 0 unspecified atom stereocenters. The smallest absolute Gasteiger partial charge is 0.180 e. The minimum absolute atomic E-state index is 0.273. The highest BCUT2D eigenvalue weighted by Crippen LogP contribution is 2.33. The summed E-state index contributed by atoms with van der Waals surface area (Å²) < 4.78 is 6.85. The number of aromatic nitrogens is 4. The van der Waals surface area contributed by atoms with E-state index >= 15 is 0 Å². The lowest BCUT2D eigenvalue weighted by atomic mass is 9.85. The van der Waals surface area contributed by atoms with Crippen molar-refractivity contribution >= 4 is 0 Å². The summed E-state index contributed by atoms with van der Waals surface area (Å²) in [6.45, 7) is 0.552. The minimum atomic E-state index is -0.575. The lowest BCUT2D eigenvalue weighted by molar-refractivity contribution is 0.0731. The van der Waals surface area contributed by atoms with E-state index < -0.39 is 6.10 Å². The number of aliphatic hydroxyl groups excluding tert-OH is 1. The second kappa shape index (κ2) is 6.87. The first-order valence-corrected chi connectivity index (χ1v) is 7.85. The predicted molar refractivity (Wildman–Crippen MR) is 81.4 cm³/mol. The third kappa shape index (κ3) is 3.27. The van der Waals surface area contributed by atoms with Crippen LogP contribution < -0.4 is 4.74 Å². The fraction of sp³-hybridized carbons (Fsp3) is 0.562. The van der Waals surface area contributed by atoms with E-state index in [1.165, 1.54) is 19.3 Å². The number of benzene rings is 1. The molecule has 1 atom stereocenters. The van der Waals surface area contributed by atoms with Crippen LogP contribution in [-0.4, -0.2) is 32.4 Å². The van der Waals surface area contributed by atoms with Gasteiger partial charge in [0.15, 0.2) is 5.82 Å². The predicted octanol–water partition coefficient (Wildman–Crippen LogP) is 2.34. The molecule has 0 bridgehead atoms. The molecule has 0 saturated heterocycles. The van der Waals surface area contributed by atoms with E-state index in [0.717, 1.165) is 24.2 Å². The van der Waals surface area contributed by atoms with Crippen LogP contribution in [0, 0.1) is 5.92 Å². The third-order valence-corrected chi connectivity index (χ3v) is 4.41. The van der Waals surface area contributed by atoms with Crippen LogP contribution >= 0.6 is 0 Å². The average molecular weight is 302 g/mol. The molecule has 0 radical (unpaired) electrons. The fourth-order valence-corrected chi connectivity index (χ4v) is 3.10. The van der Waals surface area contributed by atoms with Gasteiger partial charge in [-0.15, -0.1) is 5.10 Å². The summed E-state index contributed by atoms with van der Waals surface area (Å²) in [6.07, 6.45) is 5.16. The van der Waals surface area contributed by atoms with Gasteiger partial charge in [0, 0.05) is 0 Å². The molecule has 6 heteroatoms. The van der Waals surface area contributed by atoms with E-state index in [9.17, 15) is 5.11 Å². The van der Waals surface area contributed by atoms with Gasteiger partial charge in [-0.2, -0.15) is 0 Å². The van der Waals surface area contributed by atoms with E-state index in [1.807, 2.05) is 24.3 Å². The Morgan fingerprint density at radius 2 is 1.95 bits per heavy atom. The summed E-state index contributed by atoms with van der Waals surface area (Å²) in [5.74, 6) is 1.67. The molecule has 1 heterocycles. The van der Waals surface area contributed by atoms with Crippen molar-refractivity contribution in [3.63, 3.8) is 0 Å². The normalized spacial score (nSPS) is 17.4. The van der Waals surface area contributed by atoms with Gasteiger partial charge in [0.2, 0.25) is 0 Å². The number of hydrogen-bond donors (Lipinski definition) is 1. The molecule has 3 rings (SSSR count). The van der Waals surface area contributed by atoms with E-state index in [0.29, 0.717) is 12.4 Å². The van der Waals surface area contributed by atoms with Crippen LogP contribution in [-0.2, 0) is 6.54 Å². The second-order valence-corrected chi connectivity index (χ2v) is 5.89. The molecule has 0 spiro atoms. The maximum absolute atomic E-state index is 10.6. The molecule has 1 aromatic heterocycles. The van der Waals surface area contributed by atoms with Gasteiger partial charge in [-0.1, -0.05) is 31.4 Å². The van der Waals surface area contributed by atoms with Crippen LogP contribution in [0.5, 0.6) is 5.75 Å². The first-order chi connectivity index (χ1) is 10.8. The van der Waals surface area contributed by atoms with Crippen molar-refractivity contribution in [2.24, 2.45) is 5.92 Å². The number of aliphatic hydroxyl groups is 1. The van der Waals surface area contributed by atoms with Crippen LogP contribution in [0.3, 0.4) is 0 Å². The topological polar surface area (TPSA) is 73.1 Å². The quantitative estimate of drug-likeness (QED) is 0.917. The SMILES string of the molecule is COc1ccc(Cn2nnnc2[C@H](O)C2CCCCC2)cc1. The molecule has 1 saturated carbocycles. The van der Waals surface area contributed by atoms with Gasteiger partial charge in [-0.05, 0) is 46.9 Å². The number of nitrogens with zero attached hydrogens (tertiary/aromatic N) is 4. The van der Waals surface area contributed by atoms with Gasteiger partial charge in [-0.3, -0.25) is 0 Å². The zero-order valence-electron chi connectivity index (χ0n) is 12.9. The Hall–Kier alpha value is -1.95. The number of hydrogen-bond acceptors (Lipinski definition) is 5. The van der Waals surface area contributed by atoms with Crippen molar-refractivity contribution in [3.05, 3.63) is 35.7 Å². The van der Waals surface area contributed by atoms with E-state index in [1.54, 1.807) is 11.8 Å². The molecule has 118 valence electrons. The summed E-state index contributed by atoms with van der Waals surface area (Å²) >= 11 is 0. The summed E-state index contributed by atoms with van der Waals surface area (Å²) in [5, 5.41) is 22.4. The van der Waals surface area contributed by atoms with Crippen molar-refractivity contribution in [3.8, 4) is 5.75 Å². The van der Waals surface area contributed by atoms with Gasteiger partial charge in [0.25, 0.3) is 0 Å². The van der Waals surface area contributed by atoms with Gasteiger partial charge >= 0.3 is 0 Å². The fourth-order valence-electron chi connectivity index (χ4n) is 3.10. The average Bonchev–Trinajstić information content (AvgIpc) is 3.04. The molecule has 6 nitrogen and oxygen atoms in total. The van der Waals surface area contributed by atoms with Crippen molar-refractivity contribution in [1.29, 1.82) is 0 Å². The Bertz CT molecular complexity index is 590. The number of rotatable bonds is 5. The molecule has 1 aliphatic rings. The van der Waals surface area contributed by atoms with Gasteiger partial charge in [0.05, 0.1) is 13.7 Å². The molecular formula is C16H22N4O2. The minimum Gasteiger partial charge on any atom is -0.497 e. The molecular weight excluding hydrogens is 280 g/mol. The van der Waals surface area contributed by atoms with Gasteiger partial charge in [-0.25, -0.2) is 4.68 Å². The number of ether oxygens (including phenoxy) is 1. The van der Waals surface area contributed by atoms with Gasteiger partial charge in [0.1, 0.15) is 11.9 Å². The Balaban J connectivity index is 1.73. The summed E-state index contributed by atoms with van der Waals surface area (Å²) in [5.41, 5.74) is 1.07. The molecule has 2 aromatic rings. The highest BCUT2D eigenvalue weighted by molar-refractivity contribution is 5.27. The highest BCUT2D eigenvalue weighted by Gasteiger charge is 2.27. The second-order valence-electron chi connectivity index (χ2n) is 5.89. The van der Waals surface area contributed by atoms with Crippen molar-refractivity contribution < 1.29 is 9.84 Å². The highest BCUT2D eigenvalue weighted by atomic mass is 16.5. The van der Waals surface area contributed by atoms with Crippen LogP contribution in [0.2, 0.25) is 0 Å². The molecule has 1 N–H and O–H groups in total. The maximum atomic E-state index is 10.6. The van der Waals surface area contributed by atoms with Crippen molar-refractivity contribution in [2.75, 3.05) is 7.11 Å². The number of methoxy groups -OCH3 is 1. The third-order valence-electron chi connectivity index (χ3n) is 4.41. The first-order valence-electron chi connectivity index (χ1n) is 7.85. The van der Waals surface area contributed by atoms with Crippen LogP contribution in [0.15, 0.2) is 24.3 Å². The van der Waals surface area contributed by atoms with Crippen LogP contribution in [0.1, 0.15) is 49.6 Å². The monoisotopic (exact) mass is 302 g/mol. The Morgan fingerprint density at radius 1 is 1.23 bits per heavy atom. The summed E-state index contributed by atoms with van der Waals surface area (Å²) in [4.78, 5) is 0. The van der Waals surface area contributed by atoms with Crippen LogP contribution in [0.25, 0.3) is 0 Å². The standard InChI is InChI=1S/C16H22N4O2/c1-22-14-9-7-12(8-10-14)11-20-16(17-18-19-20)15(21)13-5-3-2-4-6-13/h7-10,13,15,21H,2-6,11H2,1H3/t15-/m1/s1.